The highest BCUT2D eigenvalue weighted by Gasteiger charge is 2.38. The van der Waals surface area contributed by atoms with E-state index in [0.29, 0.717) is 0 Å². The number of hydrogen-bond acceptors (Lipinski definition) is 2. The minimum Gasteiger partial charge on any atom is -0.360 e. The second-order valence-electron chi connectivity index (χ2n) is 7.40. The fourth-order valence-electron chi connectivity index (χ4n) is 4.18. The molecule has 3 aromatic rings. The zero-order chi connectivity index (χ0) is 17.5. The van der Waals surface area contributed by atoms with Crippen molar-refractivity contribution in [2.75, 3.05) is 19.6 Å². The third-order valence-corrected chi connectivity index (χ3v) is 5.74. The van der Waals surface area contributed by atoms with Gasteiger partial charge in [-0.05, 0) is 24.5 Å². The molecule has 1 aliphatic heterocycles. The molecule has 0 spiro atoms. The molecule has 4 nitrogen and oxygen atoms in total. The molecule has 1 N–H and O–H groups in total. The Morgan fingerprint density at radius 2 is 1.73 bits per heavy atom. The summed E-state index contributed by atoms with van der Waals surface area (Å²) in [6.07, 6.45) is 4.47. The first-order valence-electron chi connectivity index (χ1n) is 9.47. The van der Waals surface area contributed by atoms with E-state index in [-0.39, 0.29) is 11.9 Å². The summed E-state index contributed by atoms with van der Waals surface area (Å²) in [6.45, 7) is 2.69. The normalized spacial score (nSPS) is 21.2. The number of H-pyrrole nitrogens is 1. The first-order valence-corrected chi connectivity index (χ1v) is 9.47. The Hall–Kier alpha value is -2.59. The zero-order valence-electron chi connectivity index (χ0n) is 14.8. The van der Waals surface area contributed by atoms with Crippen LogP contribution in [0.5, 0.6) is 0 Å². The number of aromatic nitrogens is 1. The Labute approximate surface area is 153 Å². The molecule has 1 amide bonds. The maximum absolute atomic E-state index is 13.4. The monoisotopic (exact) mass is 345 g/mol. The van der Waals surface area contributed by atoms with Gasteiger partial charge in [0.25, 0.3) is 5.91 Å². The van der Waals surface area contributed by atoms with Crippen molar-refractivity contribution in [3.05, 3.63) is 71.9 Å². The second-order valence-corrected chi connectivity index (χ2v) is 7.40. The van der Waals surface area contributed by atoms with Crippen molar-refractivity contribution in [2.24, 2.45) is 0 Å². The fraction of sp³-hybridized carbons (Fsp3) is 0.318. The molecule has 1 saturated carbocycles. The standard InChI is InChI=1S/C22H23N3O/c26-22(19-14-23-20-9-5-4-8-18(19)20)25-13-12-24(17-10-11-17)15-21(25)16-6-2-1-3-7-16/h1-9,14,17,21,23H,10-13,15H2. The van der Waals surface area contributed by atoms with E-state index < -0.39 is 0 Å². The topological polar surface area (TPSA) is 39.3 Å². The van der Waals surface area contributed by atoms with E-state index in [1.165, 1.54) is 18.4 Å². The smallest absolute Gasteiger partial charge is 0.256 e. The number of fused-ring (bicyclic) bond motifs is 1. The van der Waals surface area contributed by atoms with Gasteiger partial charge in [-0.15, -0.1) is 0 Å². The van der Waals surface area contributed by atoms with Gasteiger partial charge in [-0.2, -0.15) is 0 Å². The molecule has 0 bridgehead atoms. The van der Waals surface area contributed by atoms with Crippen LogP contribution >= 0.6 is 0 Å². The van der Waals surface area contributed by atoms with Gasteiger partial charge in [0.1, 0.15) is 0 Å². The number of carbonyl (C=O) groups excluding carboxylic acids is 1. The minimum atomic E-state index is 0.117. The van der Waals surface area contributed by atoms with Gasteiger partial charge in [0.2, 0.25) is 0 Å². The number of benzene rings is 2. The number of carbonyl (C=O) groups is 1. The van der Waals surface area contributed by atoms with Crippen LogP contribution in [-0.4, -0.2) is 46.4 Å². The summed E-state index contributed by atoms with van der Waals surface area (Å²) in [7, 11) is 0. The molecule has 26 heavy (non-hydrogen) atoms. The largest absolute Gasteiger partial charge is 0.360 e. The maximum Gasteiger partial charge on any atom is 0.256 e. The lowest BCUT2D eigenvalue weighted by atomic mass is 10.0. The summed E-state index contributed by atoms with van der Waals surface area (Å²) in [5.41, 5.74) is 3.02. The summed E-state index contributed by atoms with van der Waals surface area (Å²) in [4.78, 5) is 21.3. The van der Waals surface area contributed by atoms with Crippen molar-refractivity contribution in [1.82, 2.24) is 14.8 Å². The highest BCUT2D eigenvalue weighted by Crippen LogP contribution is 2.34. The van der Waals surface area contributed by atoms with Crippen molar-refractivity contribution in [1.29, 1.82) is 0 Å². The van der Waals surface area contributed by atoms with Crippen LogP contribution in [0.25, 0.3) is 10.9 Å². The Bertz CT molecular complexity index is 929. The molecule has 1 unspecified atom stereocenters. The van der Waals surface area contributed by atoms with Crippen LogP contribution in [0.1, 0.15) is 34.8 Å². The number of piperazine rings is 1. The molecule has 1 aromatic heterocycles. The lowest BCUT2D eigenvalue weighted by Gasteiger charge is -2.42. The molecule has 1 atom stereocenters. The van der Waals surface area contributed by atoms with E-state index in [4.69, 9.17) is 0 Å². The first kappa shape index (κ1) is 15.6. The predicted octanol–water partition coefficient (Wildman–Crippen LogP) is 3.83. The summed E-state index contributed by atoms with van der Waals surface area (Å²) in [5, 5.41) is 1.01. The van der Waals surface area contributed by atoms with Crippen LogP contribution < -0.4 is 0 Å². The average Bonchev–Trinajstić information content (AvgIpc) is 3.47. The number of para-hydroxylation sites is 1. The van der Waals surface area contributed by atoms with Gasteiger partial charge >= 0.3 is 0 Å². The minimum absolute atomic E-state index is 0.117. The summed E-state index contributed by atoms with van der Waals surface area (Å²) >= 11 is 0. The molecular weight excluding hydrogens is 322 g/mol. The van der Waals surface area contributed by atoms with E-state index in [2.05, 4.69) is 39.0 Å². The maximum atomic E-state index is 13.4. The fourth-order valence-corrected chi connectivity index (χ4v) is 4.18. The van der Waals surface area contributed by atoms with Crippen molar-refractivity contribution in [2.45, 2.75) is 24.9 Å². The third kappa shape index (κ3) is 2.71. The number of nitrogens with one attached hydrogen (secondary N) is 1. The van der Waals surface area contributed by atoms with Gasteiger partial charge in [-0.3, -0.25) is 9.69 Å². The quantitative estimate of drug-likeness (QED) is 0.784. The number of amides is 1. The van der Waals surface area contributed by atoms with Crippen molar-refractivity contribution >= 4 is 16.8 Å². The molecule has 1 aliphatic carbocycles. The SMILES string of the molecule is O=C(c1c[nH]c2ccccc12)N1CCN(C2CC2)CC1c1ccccc1. The van der Waals surface area contributed by atoms with Crippen LogP contribution in [0.4, 0.5) is 0 Å². The Kier molecular flexibility index (Phi) is 3.79. The summed E-state index contributed by atoms with van der Waals surface area (Å²) in [6, 6.07) is 19.4. The highest BCUT2D eigenvalue weighted by molar-refractivity contribution is 6.06. The lowest BCUT2D eigenvalue weighted by molar-refractivity contribution is 0.0435. The van der Waals surface area contributed by atoms with Gasteiger partial charge in [0.15, 0.2) is 0 Å². The molecule has 2 aromatic carbocycles. The van der Waals surface area contributed by atoms with E-state index in [1.54, 1.807) is 0 Å². The van der Waals surface area contributed by atoms with Crippen molar-refractivity contribution in [3.63, 3.8) is 0 Å². The van der Waals surface area contributed by atoms with Crippen molar-refractivity contribution < 1.29 is 4.79 Å². The molecule has 2 aliphatic rings. The molecule has 2 fully saturated rings. The number of nitrogens with zero attached hydrogens (tertiary/aromatic N) is 2. The van der Waals surface area contributed by atoms with Crippen LogP contribution in [-0.2, 0) is 0 Å². The van der Waals surface area contributed by atoms with E-state index in [9.17, 15) is 4.79 Å². The predicted molar refractivity (Wildman–Crippen MR) is 103 cm³/mol. The Balaban J connectivity index is 1.50. The zero-order valence-corrected chi connectivity index (χ0v) is 14.8. The van der Waals surface area contributed by atoms with Gasteiger partial charge in [0, 0.05) is 42.8 Å². The number of aromatic amines is 1. The molecule has 2 heterocycles. The molecule has 0 radical (unpaired) electrons. The molecule has 1 saturated heterocycles. The Morgan fingerprint density at radius 3 is 2.54 bits per heavy atom. The summed E-state index contributed by atoms with van der Waals surface area (Å²) in [5.74, 6) is 0.131. The van der Waals surface area contributed by atoms with Gasteiger partial charge < -0.3 is 9.88 Å². The lowest BCUT2D eigenvalue weighted by Crippen LogP contribution is -2.51. The van der Waals surface area contributed by atoms with Crippen LogP contribution in [0, 0.1) is 0 Å². The number of hydrogen-bond donors (Lipinski definition) is 1. The van der Waals surface area contributed by atoms with Gasteiger partial charge in [0.05, 0.1) is 11.6 Å². The van der Waals surface area contributed by atoms with Gasteiger partial charge in [-0.25, -0.2) is 0 Å². The second kappa shape index (κ2) is 6.29. The van der Waals surface area contributed by atoms with E-state index >= 15 is 0 Å². The third-order valence-electron chi connectivity index (χ3n) is 5.74. The average molecular weight is 345 g/mol. The highest BCUT2D eigenvalue weighted by atomic mass is 16.2. The van der Waals surface area contributed by atoms with Crippen molar-refractivity contribution in [3.8, 4) is 0 Å². The summed E-state index contributed by atoms with van der Waals surface area (Å²) < 4.78 is 0. The van der Waals surface area contributed by atoms with E-state index in [1.807, 2.05) is 36.5 Å². The van der Waals surface area contributed by atoms with Gasteiger partial charge in [-0.1, -0.05) is 48.5 Å². The Morgan fingerprint density at radius 1 is 0.962 bits per heavy atom. The molecule has 132 valence electrons. The first-order chi connectivity index (χ1) is 12.8. The number of rotatable bonds is 3. The van der Waals surface area contributed by atoms with Crippen LogP contribution in [0.3, 0.4) is 0 Å². The van der Waals surface area contributed by atoms with Crippen LogP contribution in [0.2, 0.25) is 0 Å². The van der Waals surface area contributed by atoms with E-state index in [0.717, 1.165) is 42.1 Å². The molecule has 5 rings (SSSR count). The molecule has 4 heteroatoms. The van der Waals surface area contributed by atoms with Crippen LogP contribution in [0.15, 0.2) is 60.8 Å². The molecular formula is C22H23N3O.